The Hall–Kier alpha value is -3.85. The number of amides is 2. The zero-order valence-electron chi connectivity index (χ0n) is 23.6. The molecule has 0 saturated carbocycles. The van der Waals surface area contributed by atoms with Gasteiger partial charge in [-0.15, -0.1) is 0 Å². The van der Waals surface area contributed by atoms with Gasteiger partial charge >= 0.3 is 0 Å². The van der Waals surface area contributed by atoms with Crippen LogP contribution in [0.2, 0.25) is 0 Å². The quantitative estimate of drug-likeness (QED) is 0.313. The maximum Gasteiger partial charge on any atom is 0.243 e. The number of nitrogens with zero attached hydrogens (tertiary/aromatic N) is 2. The van der Waals surface area contributed by atoms with E-state index in [1.54, 1.807) is 36.3 Å². The van der Waals surface area contributed by atoms with Crippen molar-refractivity contribution in [3.8, 4) is 5.75 Å². The highest BCUT2D eigenvalue weighted by atomic mass is 32.2. The number of sulfonamides is 1. The number of carbonyl (C=O) groups excluding carboxylic acids is 2. The zero-order chi connectivity index (χ0) is 29.1. The lowest BCUT2D eigenvalue weighted by atomic mass is 10.0. The molecule has 40 heavy (non-hydrogen) atoms. The second-order valence-corrected chi connectivity index (χ2v) is 11.9. The lowest BCUT2D eigenvalue weighted by Crippen LogP contribution is -2.51. The molecule has 0 aromatic heterocycles. The van der Waals surface area contributed by atoms with Gasteiger partial charge in [0.1, 0.15) is 11.8 Å². The Morgan fingerprint density at radius 1 is 0.900 bits per heavy atom. The summed E-state index contributed by atoms with van der Waals surface area (Å²) in [6, 6.07) is 25.0. The molecule has 0 spiro atoms. The number of anilines is 1. The highest BCUT2D eigenvalue weighted by Gasteiger charge is 2.31. The van der Waals surface area contributed by atoms with Crippen LogP contribution in [-0.4, -0.2) is 57.1 Å². The Balaban J connectivity index is 1.89. The highest BCUT2D eigenvalue weighted by molar-refractivity contribution is 7.92. The molecule has 1 atom stereocenters. The molecule has 0 aliphatic heterocycles. The summed E-state index contributed by atoms with van der Waals surface area (Å²) in [6.45, 7) is 4.11. The number of rotatable bonds is 14. The Kier molecular flexibility index (Phi) is 11.1. The van der Waals surface area contributed by atoms with Crippen molar-refractivity contribution in [3.05, 3.63) is 96.1 Å². The van der Waals surface area contributed by atoms with Crippen LogP contribution >= 0.6 is 0 Å². The van der Waals surface area contributed by atoms with E-state index in [9.17, 15) is 18.0 Å². The number of nitrogens with one attached hydrogen (secondary N) is 1. The minimum absolute atomic E-state index is 0.0725. The third-order valence-electron chi connectivity index (χ3n) is 6.39. The van der Waals surface area contributed by atoms with Crippen molar-refractivity contribution in [2.75, 3.05) is 24.2 Å². The van der Waals surface area contributed by atoms with Crippen LogP contribution < -0.4 is 14.4 Å². The summed E-state index contributed by atoms with van der Waals surface area (Å²) in [4.78, 5) is 28.9. The van der Waals surface area contributed by atoms with Gasteiger partial charge in [0, 0.05) is 32.0 Å². The molecule has 3 aromatic rings. The lowest BCUT2D eigenvalue weighted by Gasteiger charge is -2.32. The molecular weight excluding hydrogens is 526 g/mol. The number of methoxy groups -OCH3 is 1. The van der Waals surface area contributed by atoms with Crippen molar-refractivity contribution >= 4 is 27.5 Å². The van der Waals surface area contributed by atoms with E-state index in [0.29, 0.717) is 24.3 Å². The molecule has 1 N–H and O–H groups in total. The molecule has 0 aliphatic carbocycles. The van der Waals surface area contributed by atoms with Gasteiger partial charge in [0.05, 0.1) is 19.1 Å². The summed E-state index contributed by atoms with van der Waals surface area (Å²) < 4.78 is 31.7. The van der Waals surface area contributed by atoms with E-state index in [-0.39, 0.29) is 37.4 Å². The van der Waals surface area contributed by atoms with Crippen LogP contribution in [0.15, 0.2) is 84.9 Å². The zero-order valence-corrected chi connectivity index (χ0v) is 24.4. The van der Waals surface area contributed by atoms with Gasteiger partial charge in [0.25, 0.3) is 0 Å². The number of para-hydroxylation sites is 1. The Morgan fingerprint density at radius 3 is 2.12 bits per heavy atom. The third-order valence-corrected chi connectivity index (χ3v) is 7.58. The maximum atomic E-state index is 13.8. The van der Waals surface area contributed by atoms with Gasteiger partial charge in [-0.05, 0) is 55.7 Å². The largest absolute Gasteiger partial charge is 0.497 e. The second kappa shape index (κ2) is 14.5. The van der Waals surface area contributed by atoms with E-state index in [2.05, 4.69) is 5.32 Å². The molecule has 0 fully saturated rings. The van der Waals surface area contributed by atoms with Crippen LogP contribution in [0.5, 0.6) is 5.75 Å². The third kappa shape index (κ3) is 9.12. The molecule has 8 nitrogen and oxygen atoms in total. The smallest absolute Gasteiger partial charge is 0.243 e. The molecule has 0 radical (unpaired) electrons. The summed E-state index contributed by atoms with van der Waals surface area (Å²) >= 11 is 0. The summed E-state index contributed by atoms with van der Waals surface area (Å²) in [7, 11) is -1.97. The van der Waals surface area contributed by atoms with Gasteiger partial charge in [0.15, 0.2) is 0 Å². The summed E-state index contributed by atoms with van der Waals surface area (Å²) in [5, 5.41) is 2.98. The molecule has 0 bridgehead atoms. The SMILES string of the molecule is COc1cccc(CN(C(=O)CCCN(c2ccccc2)S(C)(=O)=O)C(Cc2ccccc2)C(=O)NC(C)C)c1. The first kappa shape index (κ1) is 30.7. The van der Waals surface area contributed by atoms with Crippen molar-refractivity contribution in [1.82, 2.24) is 10.2 Å². The van der Waals surface area contributed by atoms with Crippen LogP contribution in [-0.2, 0) is 32.6 Å². The average Bonchev–Trinajstić information content (AvgIpc) is 2.93. The number of hydrogen-bond acceptors (Lipinski definition) is 5. The van der Waals surface area contributed by atoms with Gasteiger partial charge in [-0.2, -0.15) is 0 Å². The number of carbonyl (C=O) groups is 2. The lowest BCUT2D eigenvalue weighted by molar-refractivity contribution is -0.141. The minimum Gasteiger partial charge on any atom is -0.497 e. The van der Waals surface area contributed by atoms with E-state index in [1.807, 2.05) is 74.5 Å². The summed E-state index contributed by atoms with van der Waals surface area (Å²) in [5.74, 6) is 0.184. The van der Waals surface area contributed by atoms with E-state index in [0.717, 1.165) is 17.4 Å². The second-order valence-electron chi connectivity index (χ2n) is 10.0. The molecule has 1 unspecified atom stereocenters. The van der Waals surface area contributed by atoms with Crippen molar-refractivity contribution in [1.29, 1.82) is 0 Å². The topological polar surface area (TPSA) is 96.0 Å². The van der Waals surface area contributed by atoms with Gasteiger partial charge in [-0.25, -0.2) is 8.42 Å². The first-order valence-electron chi connectivity index (χ1n) is 13.4. The van der Waals surface area contributed by atoms with E-state index in [4.69, 9.17) is 4.74 Å². The fourth-order valence-electron chi connectivity index (χ4n) is 4.50. The van der Waals surface area contributed by atoms with E-state index < -0.39 is 16.1 Å². The normalized spacial score (nSPS) is 12.0. The van der Waals surface area contributed by atoms with Crippen molar-refractivity contribution < 1.29 is 22.7 Å². The molecule has 2 amide bonds. The van der Waals surface area contributed by atoms with Gasteiger partial charge in [-0.1, -0.05) is 60.7 Å². The fourth-order valence-corrected chi connectivity index (χ4v) is 5.47. The monoisotopic (exact) mass is 565 g/mol. The molecular formula is C31H39N3O5S. The average molecular weight is 566 g/mol. The predicted octanol–water partition coefficient (Wildman–Crippen LogP) is 4.41. The first-order chi connectivity index (χ1) is 19.1. The van der Waals surface area contributed by atoms with Crippen molar-refractivity contribution in [2.45, 2.75) is 51.7 Å². The van der Waals surface area contributed by atoms with Crippen molar-refractivity contribution in [2.24, 2.45) is 0 Å². The van der Waals surface area contributed by atoms with Crippen molar-refractivity contribution in [3.63, 3.8) is 0 Å². The highest BCUT2D eigenvalue weighted by Crippen LogP contribution is 2.21. The Labute approximate surface area is 238 Å². The van der Waals surface area contributed by atoms with Crippen LogP contribution in [0.25, 0.3) is 0 Å². The molecule has 0 saturated heterocycles. The van der Waals surface area contributed by atoms with Crippen LogP contribution in [0.3, 0.4) is 0 Å². The molecule has 9 heteroatoms. The number of hydrogen-bond donors (Lipinski definition) is 1. The molecule has 3 aromatic carbocycles. The molecule has 0 aliphatic rings. The van der Waals surface area contributed by atoms with E-state index >= 15 is 0 Å². The van der Waals surface area contributed by atoms with Crippen LogP contribution in [0.4, 0.5) is 5.69 Å². The van der Waals surface area contributed by atoms with Crippen LogP contribution in [0, 0.1) is 0 Å². The first-order valence-corrected chi connectivity index (χ1v) is 15.2. The minimum atomic E-state index is -3.55. The number of benzene rings is 3. The van der Waals surface area contributed by atoms with E-state index in [1.165, 1.54) is 4.31 Å². The molecule has 3 rings (SSSR count). The molecule has 214 valence electrons. The van der Waals surface area contributed by atoms with Gasteiger partial charge in [0.2, 0.25) is 21.8 Å². The Morgan fingerprint density at radius 2 is 1.52 bits per heavy atom. The van der Waals surface area contributed by atoms with Gasteiger partial charge < -0.3 is 15.0 Å². The van der Waals surface area contributed by atoms with Gasteiger partial charge in [-0.3, -0.25) is 13.9 Å². The summed E-state index contributed by atoms with van der Waals surface area (Å²) in [6.07, 6.45) is 1.86. The molecule has 0 heterocycles. The number of ether oxygens (including phenoxy) is 1. The standard InChI is InChI=1S/C31H39N3O5S/c1-24(2)32-31(36)29(22-25-13-7-5-8-14-25)33(23-26-15-11-18-28(21-26)39-3)30(35)19-12-20-34(40(4,37)38)27-16-9-6-10-17-27/h5-11,13-18,21,24,29H,12,19-20,22-23H2,1-4H3,(H,32,36). The fraction of sp³-hybridized carbons (Fsp3) is 0.355. The Bertz CT molecular complexity index is 1350. The van der Waals surface area contributed by atoms with Crippen LogP contribution in [0.1, 0.15) is 37.8 Å². The summed E-state index contributed by atoms with van der Waals surface area (Å²) in [5.41, 5.74) is 2.30. The maximum absolute atomic E-state index is 13.8. The predicted molar refractivity (Wildman–Crippen MR) is 159 cm³/mol.